The lowest BCUT2D eigenvalue weighted by Gasteiger charge is -2.38. The average molecular weight is 370 g/mol. The molecule has 0 radical (unpaired) electrons. The Morgan fingerprint density at radius 1 is 1.19 bits per heavy atom. The Balaban J connectivity index is 1.55. The largest absolute Gasteiger partial charge is 0.353 e. The molecule has 2 aliphatic heterocycles. The summed E-state index contributed by atoms with van der Waals surface area (Å²) in [6.07, 6.45) is 7.23. The molecule has 146 valence electrons. The third kappa shape index (κ3) is 4.78. The van der Waals surface area contributed by atoms with Crippen molar-refractivity contribution in [2.75, 3.05) is 50.7 Å². The summed E-state index contributed by atoms with van der Waals surface area (Å²) in [5.41, 5.74) is 1.00. The van der Waals surface area contributed by atoms with Crippen LogP contribution in [0.25, 0.3) is 0 Å². The van der Waals surface area contributed by atoms with E-state index in [1.165, 1.54) is 0 Å². The van der Waals surface area contributed by atoms with Crippen molar-refractivity contribution in [3.05, 3.63) is 17.6 Å². The molecule has 0 N–H and O–H groups in total. The van der Waals surface area contributed by atoms with Gasteiger partial charge in [0.1, 0.15) is 11.6 Å². The molecular weight excluding hydrogens is 338 g/mol. The van der Waals surface area contributed by atoms with Crippen molar-refractivity contribution in [3.63, 3.8) is 0 Å². The number of anilines is 1. The highest BCUT2D eigenvalue weighted by Gasteiger charge is 2.30. The van der Waals surface area contributed by atoms with E-state index in [1.54, 1.807) is 0 Å². The van der Waals surface area contributed by atoms with Crippen molar-refractivity contribution < 1.29 is 4.79 Å². The van der Waals surface area contributed by atoms with Gasteiger partial charge in [-0.2, -0.15) is 0 Å². The molecular formula is C21H31N5O. The fourth-order valence-corrected chi connectivity index (χ4v) is 3.88. The van der Waals surface area contributed by atoms with Crippen LogP contribution in [0.2, 0.25) is 0 Å². The van der Waals surface area contributed by atoms with Gasteiger partial charge in [-0.1, -0.05) is 19.8 Å². The predicted molar refractivity (Wildman–Crippen MR) is 108 cm³/mol. The smallest absolute Gasteiger partial charge is 0.225 e. The van der Waals surface area contributed by atoms with Crippen LogP contribution in [0, 0.1) is 25.2 Å². The van der Waals surface area contributed by atoms with Gasteiger partial charge in [0.05, 0.1) is 6.54 Å². The number of rotatable bonds is 4. The first-order chi connectivity index (χ1) is 13.0. The minimum atomic E-state index is 0.152. The summed E-state index contributed by atoms with van der Waals surface area (Å²) in [5, 5.41) is 0. The van der Waals surface area contributed by atoms with Gasteiger partial charge < -0.3 is 9.80 Å². The van der Waals surface area contributed by atoms with Crippen molar-refractivity contribution in [2.24, 2.45) is 5.92 Å². The number of carbonyl (C=O) groups excluding carboxylic acids is 1. The Morgan fingerprint density at radius 3 is 2.44 bits per heavy atom. The summed E-state index contributed by atoms with van der Waals surface area (Å²) >= 11 is 0. The zero-order valence-corrected chi connectivity index (χ0v) is 16.8. The van der Waals surface area contributed by atoms with Crippen LogP contribution in [0.5, 0.6) is 0 Å². The molecule has 6 nitrogen and oxygen atoms in total. The number of likely N-dealkylation sites (tertiary alicyclic amines) is 1. The van der Waals surface area contributed by atoms with Crippen LogP contribution >= 0.6 is 0 Å². The predicted octanol–water partition coefficient (Wildman–Crippen LogP) is 1.90. The molecule has 3 rings (SSSR count). The summed E-state index contributed by atoms with van der Waals surface area (Å²) in [6, 6.07) is 2.05. The Kier molecular flexibility index (Phi) is 6.33. The maximum Gasteiger partial charge on any atom is 0.225 e. The van der Waals surface area contributed by atoms with Crippen LogP contribution in [0.1, 0.15) is 44.1 Å². The van der Waals surface area contributed by atoms with Crippen LogP contribution in [0.4, 0.5) is 5.82 Å². The number of nitrogens with zero attached hydrogens (tertiary/aromatic N) is 5. The number of piperidine rings is 1. The van der Waals surface area contributed by atoms with Crippen molar-refractivity contribution in [2.45, 2.75) is 39.5 Å². The molecule has 1 amide bonds. The molecule has 0 saturated carbocycles. The fourth-order valence-electron chi connectivity index (χ4n) is 3.88. The van der Waals surface area contributed by atoms with Crippen LogP contribution in [0.15, 0.2) is 6.07 Å². The molecule has 0 atom stereocenters. The highest BCUT2D eigenvalue weighted by molar-refractivity contribution is 5.79. The monoisotopic (exact) mass is 369 g/mol. The van der Waals surface area contributed by atoms with Crippen LogP contribution in [-0.4, -0.2) is 71.5 Å². The highest BCUT2D eigenvalue weighted by Crippen LogP contribution is 2.22. The normalized spacial score (nSPS) is 19.4. The lowest BCUT2D eigenvalue weighted by Crippen LogP contribution is -2.52. The first-order valence-corrected chi connectivity index (χ1v) is 10.0. The summed E-state index contributed by atoms with van der Waals surface area (Å²) in [5.74, 6) is 5.35. The quantitative estimate of drug-likeness (QED) is 0.759. The maximum atomic E-state index is 12.9. The molecule has 2 aliphatic rings. The first kappa shape index (κ1) is 19.6. The molecule has 3 heterocycles. The van der Waals surface area contributed by atoms with E-state index in [-0.39, 0.29) is 5.92 Å². The zero-order valence-electron chi connectivity index (χ0n) is 16.8. The Hall–Kier alpha value is -2.13. The topological polar surface area (TPSA) is 52.6 Å². The van der Waals surface area contributed by atoms with E-state index in [2.05, 4.69) is 34.6 Å². The van der Waals surface area contributed by atoms with Crippen LogP contribution < -0.4 is 4.90 Å². The number of aromatic nitrogens is 2. The summed E-state index contributed by atoms with van der Waals surface area (Å²) < 4.78 is 0. The molecule has 0 bridgehead atoms. The number of hydrogen-bond acceptors (Lipinski definition) is 5. The van der Waals surface area contributed by atoms with Crippen molar-refractivity contribution >= 4 is 11.7 Å². The lowest BCUT2D eigenvalue weighted by molar-refractivity contribution is -0.137. The molecule has 0 spiro atoms. The molecule has 1 aromatic rings. The summed E-state index contributed by atoms with van der Waals surface area (Å²) in [6.45, 7) is 12.0. The Bertz CT molecular complexity index is 695. The number of hydrogen-bond donors (Lipinski definition) is 0. The van der Waals surface area contributed by atoms with Gasteiger partial charge in [0.25, 0.3) is 0 Å². The van der Waals surface area contributed by atoms with Crippen LogP contribution in [-0.2, 0) is 4.79 Å². The van der Waals surface area contributed by atoms with Gasteiger partial charge in [-0.05, 0) is 32.9 Å². The van der Waals surface area contributed by atoms with Gasteiger partial charge in [0.15, 0.2) is 0 Å². The molecule has 2 saturated heterocycles. The highest BCUT2D eigenvalue weighted by atomic mass is 16.2. The standard InChI is InChI=1S/C21H31N5O/c1-5-8-24-9-6-18(7-10-24)21(27)26-13-11-25(12-14-26)19-15-17(4)22-20(23-19)16(2)3/h1,15-16,18H,6-14H2,2-4H3. The van der Waals surface area contributed by atoms with Gasteiger partial charge in [-0.25, -0.2) is 9.97 Å². The molecule has 27 heavy (non-hydrogen) atoms. The first-order valence-electron chi connectivity index (χ1n) is 10.0. The second-order valence-electron chi connectivity index (χ2n) is 7.95. The molecule has 2 fully saturated rings. The fraction of sp³-hybridized carbons (Fsp3) is 0.667. The minimum absolute atomic E-state index is 0.152. The molecule has 1 aromatic heterocycles. The molecule has 0 unspecified atom stereocenters. The van der Waals surface area contributed by atoms with E-state index < -0.39 is 0 Å². The summed E-state index contributed by atoms with van der Waals surface area (Å²) in [7, 11) is 0. The number of terminal acetylenes is 1. The SMILES string of the molecule is C#CCN1CCC(C(=O)N2CCN(c3cc(C)nc(C(C)C)n3)CC2)CC1. The second-order valence-corrected chi connectivity index (χ2v) is 7.95. The molecule has 6 heteroatoms. The number of amides is 1. The van der Waals surface area contributed by atoms with Gasteiger partial charge in [-0.15, -0.1) is 6.42 Å². The van der Waals surface area contributed by atoms with E-state index in [4.69, 9.17) is 11.4 Å². The number of piperazine rings is 1. The van der Waals surface area contributed by atoms with E-state index in [1.807, 2.05) is 17.9 Å². The Morgan fingerprint density at radius 2 is 1.85 bits per heavy atom. The Labute approximate surface area is 163 Å². The maximum absolute atomic E-state index is 12.9. The minimum Gasteiger partial charge on any atom is -0.353 e. The van der Waals surface area contributed by atoms with Gasteiger partial charge >= 0.3 is 0 Å². The van der Waals surface area contributed by atoms with E-state index >= 15 is 0 Å². The number of carbonyl (C=O) groups is 1. The van der Waals surface area contributed by atoms with Crippen molar-refractivity contribution in [3.8, 4) is 12.3 Å². The molecule has 0 aliphatic carbocycles. The lowest BCUT2D eigenvalue weighted by atomic mass is 9.95. The van der Waals surface area contributed by atoms with Crippen molar-refractivity contribution in [1.82, 2.24) is 19.8 Å². The average Bonchev–Trinajstić information content (AvgIpc) is 2.68. The van der Waals surface area contributed by atoms with E-state index in [9.17, 15) is 4.79 Å². The summed E-state index contributed by atoms with van der Waals surface area (Å²) in [4.78, 5) is 28.7. The number of aryl methyl sites for hydroxylation is 1. The molecule has 0 aromatic carbocycles. The van der Waals surface area contributed by atoms with E-state index in [0.29, 0.717) is 18.4 Å². The third-order valence-electron chi connectivity index (χ3n) is 5.54. The van der Waals surface area contributed by atoms with Crippen LogP contribution in [0.3, 0.4) is 0 Å². The second kappa shape index (κ2) is 8.71. The zero-order chi connectivity index (χ0) is 19.4. The van der Waals surface area contributed by atoms with Crippen molar-refractivity contribution in [1.29, 1.82) is 0 Å². The van der Waals surface area contributed by atoms with Gasteiger partial charge in [-0.3, -0.25) is 9.69 Å². The van der Waals surface area contributed by atoms with Gasteiger partial charge in [0, 0.05) is 49.8 Å². The van der Waals surface area contributed by atoms with Gasteiger partial charge in [0.2, 0.25) is 5.91 Å². The third-order valence-corrected chi connectivity index (χ3v) is 5.54. The van der Waals surface area contributed by atoms with E-state index in [0.717, 1.165) is 69.4 Å².